The topological polar surface area (TPSA) is 75.4 Å². The Kier molecular flexibility index (Phi) is 3.62. The van der Waals surface area contributed by atoms with Gasteiger partial charge in [-0.1, -0.05) is 12.1 Å². The third kappa shape index (κ3) is 2.83. The quantitative estimate of drug-likeness (QED) is 0.660. The van der Waals surface area contributed by atoms with Crippen molar-refractivity contribution in [3.05, 3.63) is 29.8 Å². The maximum absolute atomic E-state index is 10.7. The highest BCUT2D eigenvalue weighted by atomic mass is 16.3. The molecule has 0 radical (unpaired) electrons. The Hall–Kier alpha value is -1.39. The van der Waals surface area contributed by atoms with Crippen LogP contribution in [-0.4, -0.2) is 17.6 Å². The van der Waals surface area contributed by atoms with Crippen LogP contribution in [0.5, 0.6) is 0 Å². The molecule has 0 aliphatic heterocycles. The summed E-state index contributed by atoms with van der Waals surface area (Å²) in [5, 5.41) is 11.5. The number of carbonyl (C=O) groups is 1. The van der Waals surface area contributed by atoms with E-state index in [1.165, 1.54) is 6.92 Å². The van der Waals surface area contributed by atoms with Crippen LogP contribution in [-0.2, 0) is 4.79 Å². The van der Waals surface area contributed by atoms with Crippen molar-refractivity contribution in [1.82, 2.24) is 0 Å². The first-order chi connectivity index (χ1) is 6.63. The molecule has 0 aliphatic rings. The van der Waals surface area contributed by atoms with Gasteiger partial charge in [0.15, 0.2) is 0 Å². The van der Waals surface area contributed by atoms with E-state index in [9.17, 15) is 4.79 Å². The van der Waals surface area contributed by atoms with Crippen molar-refractivity contribution in [2.24, 2.45) is 5.73 Å². The molecule has 4 heteroatoms. The SMILES string of the molecule is CC(=O)Nc1ccc([C@@H](N)CO)cc1. The fourth-order valence-electron chi connectivity index (χ4n) is 1.12. The average Bonchev–Trinajstić information content (AvgIpc) is 2.17. The number of hydrogen-bond donors (Lipinski definition) is 3. The highest BCUT2D eigenvalue weighted by molar-refractivity contribution is 5.88. The van der Waals surface area contributed by atoms with Crippen molar-refractivity contribution in [2.45, 2.75) is 13.0 Å². The number of anilines is 1. The Bertz CT molecular complexity index is 308. The van der Waals surface area contributed by atoms with Gasteiger partial charge in [0.25, 0.3) is 0 Å². The predicted octanol–water partition coefficient (Wildman–Crippen LogP) is 0.637. The molecule has 0 fully saturated rings. The van der Waals surface area contributed by atoms with Crippen molar-refractivity contribution >= 4 is 11.6 Å². The summed E-state index contributed by atoms with van der Waals surface area (Å²) in [6.45, 7) is 1.37. The molecule has 1 amide bonds. The number of carbonyl (C=O) groups excluding carboxylic acids is 1. The van der Waals surface area contributed by atoms with Crippen molar-refractivity contribution in [2.75, 3.05) is 11.9 Å². The molecule has 0 spiro atoms. The van der Waals surface area contributed by atoms with Crippen LogP contribution >= 0.6 is 0 Å². The Balaban J connectivity index is 2.73. The number of nitrogens with one attached hydrogen (secondary N) is 1. The van der Waals surface area contributed by atoms with E-state index in [4.69, 9.17) is 10.8 Å². The lowest BCUT2D eigenvalue weighted by atomic mass is 10.1. The van der Waals surface area contributed by atoms with E-state index >= 15 is 0 Å². The van der Waals surface area contributed by atoms with E-state index in [0.717, 1.165) is 11.3 Å². The largest absolute Gasteiger partial charge is 0.394 e. The standard InChI is InChI=1S/C10H14N2O2/c1-7(14)12-9-4-2-8(3-5-9)10(11)6-13/h2-5,10,13H,6,11H2,1H3,(H,12,14)/t10-/m0/s1. The van der Waals surface area contributed by atoms with E-state index in [2.05, 4.69) is 5.32 Å². The molecule has 0 saturated heterocycles. The highest BCUT2D eigenvalue weighted by Gasteiger charge is 2.03. The second-order valence-corrected chi connectivity index (χ2v) is 3.09. The molecule has 4 nitrogen and oxygen atoms in total. The maximum atomic E-state index is 10.7. The van der Waals surface area contributed by atoms with E-state index in [1.54, 1.807) is 24.3 Å². The van der Waals surface area contributed by atoms with Gasteiger partial charge in [-0.15, -0.1) is 0 Å². The van der Waals surface area contributed by atoms with Gasteiger partial charge in [-0.3, -0.25) is 4.79 Å². The monoisotopic (exact) mass is 194 g/mol. The van der Waals surface area contributed by atoms with Crippen LogP contribution in [0.25, 0.3) is 0 Å². The minimum Gasteiger partial charge on any atom is -0.394 e. The lowest BCUT2D eigenvalue weighted by molar-refractivity contribution is -0.114. The van der Waals surface area contributed by atoms with Crippen LogP contribution in [0.3, 0.4) is 0 Å². The van der Waals surface area contributed by atoms with Gasteiger partial charge in [-0.25, -0.2) is 0 Å². The second kappa shape index (κ2) is 4.74. The fourth-order valence-corrected chi connectivity index (χ4v) is 1.12. The van der Waals surface area contributed by atoms with E-state index in [1.807, 2.05) is 0 Å². The van der Waals surface area contributed by atoms with E-state index in [-0.39, 0.29) is 18.6 Å². The first kappa shape index (κ1) is 10.7. The van der Waals surface area contributed by atoms with E-state index in [0.29, 0.717) is 0 Å². The summed E-state index contributed by atoms with van der Waals surface area (Å²) in [7, 11) is 0. The molecule has 0 unspecified atom stereocenters. The number of aliphatic hydroxyl groups excluding tert-OH is 1. The number of hydrogen-bond acceptors (Lipinski definition) is 3. The van der Waals surface area contributed by atoms with Crippen LogP contribution in [0.2, 0.25) is 0 Å². The number of rotatable bonds is 3. The average molecular weight is 194 g/mol. The molecule has 0 heterocycles. The first-order valence-corrected chi connectivity index (χ1v) is 4.37. The summed E-state index contributed by atoms with van der Waals surface area (Å²) < 4.78 is 0. The summed E-state index contributed by atoms with van der Waals surface area (Å²) in [6.07, 6.45) is 0. The number of nitrogens with two attached hydrogens (primary N) is 1. The van der Waals surface area contributed by atoms with Gasteiger partial charge in [0.05, 0.1) is 12.6 Å². The van der Waals surface area contributed by atoms with Gasteiger partial charge in [-0.05, 0) is 17.7 Å². The van der Waals surface area contributed by atoms with Gasteiger partial charge in [0.2, 0.25) is 5.91 Å². The van der Waals surface area contributed by atoms with Crippen molar-refractivity contribution in [3.63, 3.8) is 0 Å². The Morgan fingerprint density at radius 1 is 1.50 bits per heavy atom. The number of aliphatic hydroxyl groups is 1. The molecule has 1 aromatic carbocycles. The highest BCUT2D eigenvalue weighted by Crippen LogP contribution is 2.13. The molecule has 0 aliphatic carbocycles. The molecule has 0 saturated carbocycles. The van der Waals surface area contributed by atoms with Gasteiger partial charge in [-0.2, -0.15) is 0 Å². The third-order valence-corrected chi connectivity index (χ3v) is 1.86. The molecule has 1 rings (SSSR count). The van der Waals surface area contributed by atoms with Gasteiger partial charge < -0.3 is 16.2 Å². The zero-order chi connectivity index (χ0) is 10.6. The van der Waals surface area contributed by atoms with Crippen LogP contribution in [0.15, 0.2) is 24.3 Å². The third-order valence-electron chi connectivity index (χ3n) is 1.86. The molecule has 14 heavy (non-hydrogen) atoms. The summed E-state index contributed by atoms with van der Waals surface area (Å²) >= 11 is 0. The zero-order valence-electron chi connectivity index (χ0n) is 8.03. The predicted molar refractivity (Wildman–Crippen MR) is 54.8 cm³/mol. The lowest BCUT2D eigenvalue weighted by Gasteiger charge is -2.09. The lowest BCUT2D eigenvalue weighted by Crippen LogP contribution is -2.14. The first-order valence-electron chi connectivity index (χ1n) is 4.37. The van der Waals surface area contributed by atoms with Crippen molar-refractivity contribution < 1.29 is 9.90 Å². The summed E-state index contributed by atoms with van der Waals surface area (Å²) in [5.74, 6) is -0.107. The second-order valence-electron chi connectivity index (χ2n) is 3.09. The van der Waals surface area contributed by atoms with Crippen molar-refractivity contribution in [1.29, 1.82) is 0 Å². The molecule has 1 atom stereocenters. The van der Waals surface area contributed by atoms with Crippen LogP contribution in [0.1, 0.15) is 18.5 Å². The summed E-state index contributed by atoms with van der Waals surface area (Å²) in [4.78, 5) is 10.7. The fraction of sp³-hybridized carbons (Fsp3) is 0.300. The Labute approximate surface area is 82.7 Å². The van der Waals surface area contributed by atoms with Gasteiger partial charge in [0.1, 0.15) is 0 Å². The van der Waals surface area contributed by atoms with Crippen LogP contribution in [0.4, 0.5) is 5.69 Å². The molecule has 1 aromatic rings. The number of amides is 1. The van der Waals surface area contributed by atoms with Crippen LogP contribution in [0, 0.1) is 0 Å². The molecule has 4 N–H and O–H groups in total. The summed E-state index contributed by atoms with van der Waals surface area (Å²) in [5.41, 5.74) is 7.19. The van der Waals surface area contributed by atoms with Crippen LogP contribution < -0.4 is 11.1 Å². The van der Waals surface area contributed by atoms with E-state index < -0.39 is 0 Å². The van der Waals surface area contributed by atoms with Gasteiger partial charge in [0, 0.05) is 12.6 Å². The normalized spacial score (nSPS) is 12.2. The van der Waals surface area contributed by atoms with Crippen molar-refractivity contribution in [3.8, 4) is 0 Å². The molecule has 0 aromatic heterocycles. The Morgan fingerprint density at radius 2 is 2.07 bits per heavy atom. The zero-order valence-corrected chi connectivity index (χ0v) is 8.03. The number of benzene rings is 1. The molecular formula is C10H14N2O2. The molecule has 0 bridgehead atoms. The molecule has 76 valence electrons. The minimum atomic E-state index is -0.360. The Morgan fingerprint density at radius 3 is 2.50 bits per heavy atom. The maximum Gasteiger partial charge on any atom is 0.221 e. The summed E-state index contributed by atoms with van der Waals surface area (Å²) in [6, 6.07) is 6.72. The minimum absolute atomic E-state index is 0.0838. The van der Waals surface area contributed by atoms with Gasteiger partial charge >= 0.3 is 0 Å². The smallest absolute Gasteiger partial charge is 0.221 e. The molecular weight excluding hydrogens is 180 g/mol.